The monoisotopic (exact) mass is 276 g/mol. The van der Waals surface area contributed by atoms with Crippen LogP contribution >= 0.6 is 0 Å². The lowest BCUT2D eigenvalue weighted by Gasteiger charge is -2.17. The van der Waals surface area contributed by atoms with Crippen LogP contribution in [0.25, 0.3) is 0 Å². The number of nitrogens with zero attached hydrogens (tertiary/aromatic N) is 3. The first-order valence-electron chi connectivity index (χ1n) is 6.89. The van der Waals surface area contributed by atoms with Crippen molar-refractivity contribution < 1.29 is 4.42 Å². The first-order chi connectivity index (χ1) is 9.40. The maximum atomic E-state index is 5.65. The quantitative estimate of drug-likeness (QED) is 0.911. The van der Waals surface area contributed by atoms with E-state index in [1.807, 2.05) is 51.8 Å². The fraction of sp³-hybridized carbons (Fsp3) is 0.533. The Labute approximate surface area is 120 Å². The van der Waals surface area contributed by atoms with Gasteiger partial charge in [0.2, 0.25) is 0 Å². The standard InChI is InChI=1S/C15H24N4O/c1-10-7-8-14(20-10)12(3)16-9-13-11(2)17-19(6)15(13)18(4)5/h7-8,12,16H,9H2,1-6H3/t12-/m0/s1. The molecule has 0 bridgehead atoms. The second-order valence-electron chi connectivity index (χ2n) is 5.46. The lowest BCUT2D eigenvalue weighted by atomic mass is 10.2. The topological polar surface area (TPSA) is 46.2 Å². The number of furan rings is 1. The molecule has 5 nitrogen and oxygen atoms in total. The smallest absolute Gasteiger partial charge is 0.130 e. The van der Waals surface area contributed by atoms with Gasteiger partial charge in [0, 0.05) is 33.3 Å². The Morgan fingerprint density at radius 2 is 2.05 bits per heavy atom. The minimum absolute atomic E-state index is 0.179. The van der Waals surface area contributed by atoms with E-state index in [0.717, 1.165) is 29.6 Å². The number of rotatable bonds is 5. The molecule has 2 aromatic rings. The summed E-state index contributed by atoms with van der Waals surface area (Å²) in [5.74, 6) is 3.05. The third kappa shape index (κ3) is 2.88. The molecule has 20 heavy (non-hydrogen) atoms. The summed E-state index contributed by atoms with van der Waals surface area (Å²) in [4.78, 5) is 2.10. The van der Waals surface area contributed by atoms with Gasteiger partial charge < -0.3 is 14.6 Å². The molecule has 0 unspecified atom stereocenters. The van der Waals surface area contributed by atoms with Gasteiger partial charge in [-0.05, 0) is 32.9 Å². The van der Waals surface area contributed by atoms with E-state index in [0.29, 0.717) is 0 Å². The Morgan fingerprint density at radius 1 is 1.35 bits per heavy atom. The Hall–Kier alpha value is -1.75. The molecule has 0 spiro atoms. The Balaban J connectivity index is 2.11. The Bertz CT molecular complexity index is 583. The predicted octanol–water partition coefficient (Wildman–Crippen LogP) is 2.55. The number of hydrogen-bond acceptors (Lipinski definition) is 4. The van der Waals surface area contributed by atoms with Crippen molar-refractivity contribution in [1.29, 1.82) is 0 Å². The van der Waals surface area contributed by atoms with Gasteiger partial charge in [0.1, 0.15) is 17.3 Å². The summed E-state index contributed by atoms with van der Waals surface area (Å²) in [6.07, 6.45) is 0. The van der Waals surface area contributed by atoms with Gasteiger partial charge in [0.05, 0.1) is 11.7 Å². The van der Waals surface area contributed by atoms with Crippen molar-refractivity contribution in [2.45, 2.75) is 33.4 Å². The number of nitrogens with one attached hydrogen (secondary N) is 1. The van der Waals surface area contributed by atoms with E-state index in [1.165, 1.54) is 5.56 Å². The van der Waals surface area contributed by atoms with Crippen LogP contribution in [0.3, 0.4) is 0 Å². The number of anilines is 1. The zero-order valence-corrected chi connectivity index (χ0v) is 13.2. The summed E-state index contributed by atoms with van der Waals surface area (Å²) >= 11 is 0. The summed E-state index contributed by atoms with van der Waals surface area (Å²) in [7, 11) is 6.06. The molecule has 5 heteroatoms. The highest BCUT2D eigenvalue weighted by molar-refractivity contribution is 5.48. The molecule has 2 heterocycles. The third-order valence-electron chi connectivity index (χ3n) is 3.51. The van der Waals surface area contributed by atoms with Crippen molar-refractivity contribution in [2.75, 3.05) is 19.0 Å². The van der Waals surface area contributed by atoms with Gasteiger partial charge in [-0.2, -0.15) is 5.10 Å². The molecule has 1 N–H and O–H groups in total. The fourth-order valence-corrected chi connectivity index (χ4v) is 2.50. The molecular formula is C15H24N4O. The fourth-order valence-electron chi connectivity index (χ4n) is 2.50. The molecule has 0 fully saturated rings. The summed E-state index contributed by atoms with van der Waals surface area (Å²) in [6, 6.07) is 4.20. The van der Waals surface area contributed by atoms with Crippen molar-refractivity contribution in [3.63, 3.8) is 0 Å². The SMILES string of the molecule is Cc1ccc([C@H](C)NCc2c(C)nn(C)c2N(C)C)o1. The second kappa shape index (κ2) is 5.71. The molecule has 0 radical (unpaired) electrons. The van der Waals surface area contributed by atoms with Gasteiger partial charge in [0.15, 0.2) is 0 Å². The van der Waals surface area contributed by atoms with Crippen LogP contribution in [0.15, 0.2) is 16.5 Å². The lowest BCUT2D eigenvalue weighted by molar-refractivity contribution is 0.415. The largest absolute Gasteiger partial charge is 0.465 e. The van der Waals surface area contributed by atoms with Crippen molar-refractivity contribution >= 4 is 5.82 Å². The maximum Gasteiger partial charge on any atom is 0.130 e. The molecule has 0 aliphatic carbocycles. The highest BCUT2D eigenvalue weighted by atomic mass is 16.3. The Morgan fingerprint density at radius 3 is 2.60 bits per heavy atom. The molecule has 0 aliphatic rings. The van der Waals surface area contributed by atoms with E-state index in [2.05, 4.69) is 22.2 Å². The van der Waals surface area contributed by atoms with E-state index < -0.39 is 0 Å². The molecule has 1 atom stereocenters. The van der Waals surface area contributed by atoms with Gasteiger partial charge in [0.25, 0.3) is 0 Å². The molecule has 0 amide bonds. The highest BCUT2D eigenvalue weighted by Gasteiger charge is 2.16. The molecule has 0 aromatic carbocycles. The molecule has 0 aliphatic heterocycles. The maximum absolute atomic E-state index is 5.65. The van der Waals surface area contributed by atoms with Gasteiger partial charge in [-0.1, -0.05) is 0 Å². The molecular weight excluding hydrogens is 252 g/mol. The molecule has 110 valence electrons. The van der Waals surface area contributed by atoms with Crippen molar-refractivity contribution in [3.05, 3.63) is 34.9 Å². The number of hydrogen-bond donors (Lipinski definition) is 1. The number of aromatic nitrogens is 2. The van der Waals surface area contributed by atoms with Crippen LogP contribution in [0.4, 0.5) is 5.82 Å². The minimum atomic E-state index is 0.179. The summed E-state index contributed by atoms with van der Waals surface area (Å²) < 4.78 is 7.58. The predicted molar refractivity (Wildman–Crippen MR) is 81.0 cm³/mol. The van der Waals surface area contributed by atoms with Crippen LogP contribution in [0, 0.1) is 13.8 Å². The molecule has 2 aromatic heterocycles. The summed E-state index contributed by atoms with van der Waals surface area (Å²) in [5, 5.41) is 8.00. The van der Waals surface area contributed by atoms with E-state index in [-0.39, 0.29) is 6.04 Å². The normalized spacial score (nSPS) is 12.7. The van der Waals surface area contributed by atoms with Gasteiger partial charge in [-0.25, -0.2) is 0 Å². The van der Waals surface area contributed by atoms with Crippen molar-refractivity contribution in [1.82, 2.24) is 15.1 Å². The van der Waals surface area contributed by atoms with Gasteiger partial charge in [-0.15, -0.1) is 0 Å². The van der Waals surface area contributed by atoms with Crippen LogP contribution in [0.2, 0.25) is 0 Å². The van der Waals surface area contributed by atoms with Gasteiger partial charge in [-0.3, -0.25) is 4.68 Å². The van der Waals surface area contributed by atoms with Crippen molar-refractivity contribution in [2.24, 2.45) is 7.05 Å². The zero-order valence-electron chi connectivity index (χ0n) is 13.2. The first kappa shape index (κ1) is 14.7. The highest BCUT2D eigenvalue weighted by Crippen LogP contribution is 2.23. The minimum Gasteiger partial charge on any atom is -0.465 e. The van der Waals surface area contributed by atoms with E-state index in [9.17, 15) is 0 Å². The molecule has 0 saturated carbocycles. The molecule has 0 saturated heterocycles. The van der Waals surface area contributed by atoms with E-state index in [1.54, 1.807) is 0 Å². The van der Waals surface area contributed by atoms with Crippen LogP contribution in [0.1, 0.15) is 35.7 Å². The van der Waals surface area contributed by atoms with Crippen LogP contribution < -0.4 is 10.2 Å². The Kier molecular flexibility index (Phi) is 4.18. The summed E-state index contributed by atoms with van der Waals surface area (Å²) in [6.45, 7) is 6.89. The lowest BCUT2D eigenvalue weighted by Crippen LogP contribution is -2.21. The van der Waals surface area contributed by atoms with Crippen LogP contribution in [0.5, 0.6) is 0 Å². The average molecular weight is 276 g/mol. The van der Waals surface area contributed by atoms with Crippen molar-refractivity contribution in [3.8, 4) is 0 Å². The molecule has 2 rings (SSSR count). The average Bonchev–Trinajstić information content (AvgIpc) is 2.90. The van der Waals surface area contributed by atoms with Crippen LogP contribution in [-0.2, 0) is 13.6 Å². The van der Waals surface area contributed by atoms with Crippen LogP contribution in [-0.4, -0.2) is 23.9 Å². The van der Waals surface area contributed by atoms with E-state index in [4.69, 9.17) is 4.42 Å². The summed E-state index contributed by atoms with van der Waals surface area (Å²) in [5.41, 5.74) is 2.29. The third-order valence-corrected chi connectivity index (χ3v) is 3.51. The second-order valence-corrected chi connectivity index (χ2v) is 5.46. The zero-order chi connectivity index (χ0) is 14.9. The van der Waals surface area contributed by atoms with E-state index >= 15 is 0 Å². The first-order valence-corrected chi connectivity index (χ1v) is 6.89. The number of aryl methyl sites for hydroxylation is 3. The van der Waals surface area contributed by atoms with Gasteiger partial charge >= 0.3 is 0 Å².